The van der Waals surface area contributed by atoms with Crippen molar-refractivity contribution in [1.29, 1.82) is 0 Å². The van der Waals surface area contributed by atoms with Gasteiger partial charge in [-0.3, -0.25) is 0 Å². The molecule has 20 heavy (non-hydrogen) atoms. The monoisotopic (exact) mass is 273 g/mol. The fourth-order valence-electron chi connectivity index (χ4n) is 1.95. The third kappa shape index (κ3) is 4.10. The highest BCUT2D eigenvalue weighted by Crippen LogP contribution is 2.15. The normalized spacial score (nSPS) is 11.1. The van der Waals surface area contributed by atoms with Gasteiger partial charge in [0.1, 0.15) is 17.3 Å². The molecular weight excluding hydrogens is 250 g/mol. The molecule has 0 aromatic carbocycles. The summed E-state index contributed by atoms with van der Waals surface area (Å²) in [7, 11) is 2.02. The molecule has 2 aromatic rings. The van der Waals surface area contributed by atoms with Crippen LogP contribution in [0.2, 0.25) is 0 Å². The summed E-state index contributed by atoms with van der Waals surface area (Å²) in [6, 6.07) is 8.64. The van der Waals surface area contributed by atoms with Gasteiger partial charge in [-0.25, -0.2) is 4.98 Å². The van der Waals surface area contributed by atoms with Gasteiger partial charge in [-0.05, 0) is 30.7 Å². The van der Waals surface area contributed by atoms with Crippen molar-refractivity contribution in [2.45, 2.75) is 39.9 Å². The van der Waals surface area contributed by atoms with Crippen LogP contribution in [0, 0.1) is 6.92 Å². The van der Waals surface area contributed by atoms with E-state index < -0.39 is 0 Å². The minimum absolute atomic E-state index is 0.486. The molecule has 0 fully saturated rings. The highest BCUT2D eigenvalue weighted by Gasteiger charge is 2.06. The Bertz CT molecular complexity index is 531. The van der Waals surface area contributed by atoms with Crippen molar-refractivity contribution >= 4 is 5.82 Å². The maximum absolute atomic E-state index is 5.58. The Morgan fingerprint density at radius 2 is 2.05 bits per heavy atom. The number of pyridine rings is 1. The number of rotatable bonds is 6. The zero-order valence-corrected chi connectivity index (χ0v) is 12.7. The fraction of sp³-hybridized carbons (Fsp3) is 0.438. The molecule has 4 nitrogen and oxygen atoms in total. The van der Waals surface area contributed by atoms with Crippen LogP contribution in [-0.2, 0) is 13.1 Å². The minimum atomic E-state index is 0.486. The van der Waals surface area contributed by atoms with Crippen molar-refractivity contribution in [3.63, 3.8) is 0 Å². The molecule has 0 saturated heterocycles. The Hall–Kier alpha value is -1.81. The van der Waals surface area contributed by atoms with Gasteiger partial charge in [-0.2, -0.15) is 0 Å². The molecule has 0 saturated carbocycles. The fourth-order valence-corrected chi connectivity index (χ4v) is 1.95. The van der Waals surface area contributed by atoms with Crippen molar-refractivity contribution in [3.8, 4) is 0 Å². The van der Waals surface area contributed by atoms with Gasteiger partial charge in [-0.15, -0.1) is 0 Å². The van der Waals surface area contributed by atoms with Crippen LogP contribution in [0.25, 0.3) is 0 Å². The number of furan rings is 1. The first-order valence-electron chi connectivity index (χ1n) is 6.99. The molecule has 0 aliphatic heterocycles. The van der Waals surface area contributed by atoms with Gasteiger partial charge in [0.25, 0.3) is 0 Å². The lowest BCUT2D eigenvalue weighted by molar-refractivity contribution is 0.481. The van der Waals surface area contributed by atoms with E-state index in [2.05, 4.69) is 35.1 Å². The highest BCUT2D eigenvalue weighted by molar-refractivity contribution is 5.38. The Labute approximate surface area is 120 Å². The molecule has 108 valence electrons. The number of aryl methyl sites for hydroxylation is 1. The van der Waals surface area contributed by atoms with Gasteiger partial charge in [0, 0.05) is 25.8 Å². The standard InChI is InChI=1S/C16H23N3O/c1-12(2)17-9-14-6-8-16(18-10-14)19(4)11-15-7-5-13(3)20-15/h5-8,10,12,17H,9,11H2,1-4H3. The van der Waals surface area contributed by atoms with Gasteiger partial charge in [0.05, 0.1) is 6.54 Å². The summed E-state index contributed by atoms with van der Waals surface area (Å²) >= 11 is 0. The summed E-state index contributed by atoms with van der Waals surface area (Å²) in [5.41, 5.74) is 1.20. The number of hydrogen-bond acceptors (Lipinski definition) is 4. The van der Waals surface area contributed by atoms with Crippen LogP contribution in [0.5, 0.6) is 0 Å². The van der Waals surface area contributed by atoms with Gasteiger partial charge >= 0.3 is 0 Å². The summed E-state index contributed by atoms with van der Waals surface area (Å²) in [6.45, 7) is 7.82. The van der Waals surface area contributed by atoms with Crippen molar-refractivity contribution in [1.82, 2.24) is 10.3 Å². The van der Waals surface area contributed by atoms with Crippen LogP contribution in [0.4, 0.5) is 5.82 Å². The van der Waals surface area contributed by atoms with Gasteiger partial charge in [-0.1, -0.05) is 19.9 Å². The van der Waals surface area contributed by atoms with Crippen LogP contribution < -0.4 is 10.2 Å². The SMILES string of the molecule is Cc1ccc(CN(C)c2ccc(CNC(C)C)cn2)o1. The molecule has 2 heterocycles. The number of hydrogen-bond donors (Lipinski definition) is 1. The summed E-state index contributed by atoms with van der Waals surface area (Å²) in [4.78, 5) is 6.59. The second-order valence-electron chi connectivity index (χ2n) is 5.43. The molecule has 2 aromatic heterocycles. The molecule has 0 radical (unpaired) electrons. The van der Waals surface area contributed by atoms with E-state index in [0.29, 0.717) is 6.04 Å². The lowest BCUT2D eigenvalue weighted by atomic mass is 10.2. The first-order valence-corrected chi connectivity index (χ1v) is 6.99. The maximum atomic E-state index is 5.58. The third-order valence-corrected chi connectivity index (χ3v) is 3.10. The van der Waals surface area contributed by atoms with Crippen molar-refractivity contribution < 1.29 is 4.42 Å². The molecule has 0 aliphatic carbocycles. The zero-order chi connectivity index (χ0) is 14.5. The Morgan fingerprint density at radius 3 is 2.60 bits per heavy atom. The van der Waals surface area contributed by atoms with E-state index in [1.807, 2.05) is 38.4 Å². The Morgan fingerprint density at radius 1 is 1.25 bits per heavy atom. The summed E-state index contributed by atoms with van der Waals surface area (Å²) < 4.78 is 5.58. The minimum Gasteiger partial charge on any atom is -0.464 e. The second-order valence-corrected chi connectivity index (χ2v) is 5.43. The summed E-state index contributed by atoms with van der Waals surface area (Å²) in [5.74, 6) is 2.85. The van der Waals surface area contributed by atoms with E-state index in [4.69, 9.17) is 4.42 Å². The maximum Gasteiger partial charge on any atom is 0.128 e. The van der Waals surface area contributed by atoms with Gasteiger partial charge < -0.3 is 14.6 Å². The molecular formula is C16H23N3O. The molecule has 1 N–H and O–H groups in total. The number of anilines is 1. The van der Waals surface area contributed by atoms with Crippen LogP contribution in [0.1, 0.15) is 30.9 Å². The van der Waals surface area contributed by atoms with E-state index in [1.165, 1.54) is 5.56 Å². The molecule has 0 bridgehead atoms. The average molecular weight is 273 g/mol. The molecule has 0 atom stereocenters. The number of nitrogens with zero attached hydrogens (tertiary/aromatic N) is 2. The first kappa shape index (κ1) is 14.6. The summed E-state index contributed by atoms with van der Waals surface area (Å²) in [6.07, 6.45) is 1.93. The zero-order valence-electron chi connectivity index (χ0n) is 12.7. The van der Waals surface area contributed by atoms with Crippen LogP contribution >= 0.6 is 0 Å². The van der Waals surface area contributed by atoms with E-state index in [9.17, 15) is 0 Å². The van der Waals surface area contributed by atoms with Crippen LogP contribution in [0.15, 0.2) is 34.9 Å². The average Bonchev–Trinajstić information content (AvgIpc) is 2.82. The third-order valence-electron chi connectivity index (χ3n) is 3.10. The molecule has 4 heteroatoms. The van der Waals surface area contributed by atoms with Crippen LogP contribution in [-0.4, -0.2) is 18.1 Å². The van der Waals surface area contributed by atoms with E-state index >= 15 is 0 Å². The Balaban J connectivity index is 1.94. The molecule has 0 amide bonds. The predicted molar refractivity (Wildman–Crippen MR) is 81.8 cm³/mol. The second kappa shape index (κ2) is 6.57. The largest absolute Gasteiger partial charge is 0.464 e. The summed E-state index contributed by atoms with van der Waals surface area (Å²) in [5, 5.41) is 3.38. The van der Waals surface area contributed by atoms with Crippen LogP contribution in [0.3, 0.4) is 0 Å². The van der Waals surface area contributed by atoms with Gasteiger partial charge in [0.15, 0.2) is 0 Å². The highest BCUT2D eigenvalue weighted by atomic mass is 16.3. The van der Waals surface area contributed by atoms with Crippen molar-refractivity contribution in [3.05, 3.63) is 47.5 Å². The molecule has 0 unspecified atom stereocenters. The molecule has 0 aliphatic rings. The first-order chi connectivity index (χ1) is 9.54. The molecule has 0 spiro atoms. The number of nitrogens with one attached hydrogen (secondary N) is 1. The lowest BCUT2D eigenvalue weighted by Gasteiger charge is -2.17. The smallest absolute Gasteiger partial charge is 0.128 e. The number of aromatic nitrogens is 1. The predicted octanol–water partition coefficient (Wildman–Crippen LogP) is 3.12. The van der Waals surface area contributed by atoms with E-state index in [0.717, 1.165) is 30.4 Å². The molecule has 2 rings (SSSR count). The lowest BCUT2D eigenvalue weighted by Crippen LogP contribution is -2.22. The van der Waals surface area contributed by atoms with Crippen molar-refractivity contribution in [2.75, 3.05) is 11.9 Å². The van der Waals surface area contributed by atoms with E-state index in [-0.39, 0.29) is 0 Å². The Kier molecular flexibility index (Phi) is 4.79. The van der Waals surface area contributed by atoms with Gasteiger partial charge in [0.2, 0.25) is 0 Å². The van der Waals surface area contributed by atoms with Crippen molar-refractivity contribution in [2.24, 2.45) is 0 Å². The topological polar surface area (TPSA) is 41.3 Å². The van der Waals surface area contributed by atoms with E-state index in [1.54, 1.807) is 0 Å². The quantitative estimate of drug-likeness (QED) is 0.878.